The van der Waals surface area contributed by atoms with Crippen molar-refractivity contribution in [3.05, 3.63) is 34.9 Å². The molecule has 14 heavy (non-hydrogen) atoms. The van der Waals surface area contributed by atoms with E-state index in [9.17, 15) is 0 Å². The van der Waals surface area contributed by atoms with E-state index in [1.54, 1.807) is 0 Å². The fourth-order valence-corrected chi connectivity index (χ4v) is 2.17. The van der Waals surface area contributed by atoms with Crippen molar-refractivity contribution in [2.75, 3.05) is 6.54 Å². The third-order valence-corrected chi connectivity index (χ3v) is 2.86. The Morgan fingerprint density at radius 2 is 2.07 bits per heavy atom. The molecule has 2 heteroatoms. The minimum atomic E-state index is 0. The second-order valence-corrected chi connectivity index (χ2v) is 4.01. The van der Waals surface area contributed by atoms with Gasteiger partial charge in [0, 0.05) is 6.04 Å². The number of aryl methyl sites for hydroxylation is 2. The molecule has 0 aromatic heterocycles. The minimum absolute atomic E-state index is 0. The summed E-state index contributed by atoms with van der Waals surface area (Å²) >= 11 is 0. The number of nitrogens with one attached hydrogen (secondary N) is 1. The van der Waals surface area contributed by atoms with Crippen molar-refractivity contribution in [3.8, 4) is 0 Å². The van der Waals surface area contributed by atoms with E-state index in [2.05, 4.69) is 37.4 Å². The van der Waals surface area contributed by atoms with E-state index in [1.807, 2.05) is 0 Å². The summed E-state index contributed by atoms with van der Waals surface area (Å²) < 4.78 is 0. The highest BCUT2D eigenvalue weighted by atomic mass is 35.5. The van der Waals surface area contributed by atoms with Crippen LogP contribution in [0.3, 0.4) is 0 Å². The topological polar surface area (TPSA) is 12.0 Å². The fourth-order valence-electron chi connectivity index (χ4n) is 2.17. The molecule has 0 radical (unpaired) electrons. The predicted octanol–water partition coefficient (Wildman–Crippen LogP) is 3.15. The van der Waals surface area contributed by atoms with Crippen LogP contribution in [0.2, 0.25) is 0 Å². The van der Waals surface area contributed by atoms with Crippen molar-refractivity contribution in [2.45, 2.75) is 32.7 Å². The Labute approximate surface area is 92.3 Å². The number of benzene rings is 1. The molecule has 1 aromatic carbocycles. The second-order valence-electron chi connectivity index (χ2n) is 4.01. The van der Waals surface area contributed by atoms with Gasteiger partial charge in [0.15, 0.2) is 0 Å². The van der Waals surface area contributed by atoms with E-state index in [1.165, 1.54) is 36.1 Å². The Morgan fingerprint density at radius 1 is 1.29 bits per heavy atom. The summed E-state index contributed by atoms with van der Waals surface area (Å²) in [6.07, 6.45) is 2.61. The summed E-state index contributed by atoms with van der Waals surface area (Å²) in [4.78, 5) is 0. The SMILES string of the molecule is Cc1ccc([C@@H]2CCCN2)c(C)c1.Cl. The summed E-state index contributed by atoms with van der Waals surface area (Å²) in [5, 5.41) is 3.53. The average molecular weight is 212 g/mol. The van der Waals surface area contributed by atoms with Crippen molar-refractivity contribution in [1.29, 1.82) is 0 Å². The lowest BCUT2D eigenvalue weighted by Gasteiger charge is -2.13. The lowest BCUT2D eigenvalue weighted by Crippen LogP contribution is -2.13. The Morgan fingerprint density at radius 3 is 2.64 bits per heavy atom. The maximum Gasteiger partial charge on any atom is 0.0323 e. The predicted molar refractivity (Wildman–Crippen MR) is 63.1 cm³/mol. The first-order valence-electron chi connectivity index (χ1n) is 5.08. The van der Waals surface area contributed by atoms with Gasteiger partial charge in [-0.15, -0.1) is 12.4 Å². The van der Waals surface area contributed by atoms with Crippen LogP contribution in [0.1, 0.15) is 35.6 Å². The first-order valence-corrected chi connectivity index (χ1v) is 5.08. The molecule has 1 N–H and O–H groups in total. The van der Waals surface area contributed by atoms with Gasteiger partial charge in [0.05, 0.1) is 0 Å². The van der Waals surface area contributed by atoms with E-state index in [4.69, 9.17) is 0 Å². The lowest BCUT2D eigenvalue weighted by atomic mass is 9.98. The van der Waals surface area contributed by atoms with Gasteiger partial charge >= 0.3 is 0 Å². The highest BCUT2D eigenvalue weighted by molar-refractivity contribution is 5.85. The van der Waals surface area contributed by atoms with Gasteiger partial charge in [-0.05, 0) is 44.4 Å². The molecule has 0 saturated carbocycles. The third-order valence-electron chi connectivity index (χ3n) is 2.86. The van der Waals surface area contributed by atoms with Crippen molar-refractivity contribution < 1.29 is 0 Å². The molecule has 1 aromatic rings. The first kappa shape index (κ1) is 11.5. The van der Waals surface area contributed by atoms with E-state index < -0.39 is 0 Å². The molecule has 0 aliphatic carbocycles. The normalized spacial score (nSPS) is 20.6. The molecule has 1 fully saturated rings. The summed E-state index contributed by atoms with van der Waals surface area (Å²) in [5.41, 5.74) is 4.28. The quantitative estimate of drug-likeness (QED) is 0.753. The van der Waals surface area contributed by atoms with Gasteiger partial charge in [0.1, 0.15) is 0 Å². The van der Waals surface area contributed by atoms with Crippen molar-refractivity contribution in [2.24, 2.45) is 0 Å². The maximum atomic E-state index is 3.53. The van der Waals surface area contributed by atoms with Crippen LogP contribution >= 0.6 is 12.4 Å². The molecule has 78 valence electrons. The Kier molecular flexibility index (Phi) is 3.97. The van der Waals surface area contributed by atoms with E-state index in [0.29, 0.717) is 6.04 Å². The van der Waals surface area contributed by atoms with Crippen LogP contribution in [0.4, 0.5) is 0 Å². The van der Waals surface area contributed by atoms with Gasteiger partial charge < -0.3 is 5.32 Å². The van der Waals surface area contributed by atoms with Gasteiger partial charge in [0.25, 0.3) is 0 Å². The molecule has 0 unspecified atom stereocenters. The summed E-state index contributed by atoms with van der Waals surface area (Å²) in [7, 11) is 0. The van der Waals surface area contributed by atoms with Gasteiger partial charge in [-0.3, -0.25) is 0 Å². The van der Waals surface area contributed by atoms with Crippen molar-refractivity contribution >= 4 is 12.4 Å². The number of halogens is 1. The van der Waals surface area contributed by atoms with Gasteiger partial charge in [-0.1, -0.05) is 23.8 Å². The number of rotatable bonds is 1. The minimum Gasteiger partial charge on any atom is -0.310 e. The van der Waals surface area contributed by atoms with E-state index >= 15 is 0 Å². The van der Waals surface area contributed by atoms with Crippen LogP contribution in [0.25, 0.3) is 0 Å². The lowest BCUT2D eigenvalue weighted by molar-refractivity contribution is 0.643. The van der Waals surface area contributed by atoms with Crippen molar-refractivity contribution in [3.63, 3.8) is 0 Å². The standard InChI is InChI=1S/C12H17N.ClH/c1-9-5-6-11(10(2)8-9)12-4-3-7-13-12;/h5-6,8,12-13H,3-4,7H2,1-2H3;1H/t12-;/m0./s1. The van der Waals surface area contributed by atoms with E-state index in [0.717, 1.165) is 0 Å². The van der Waals surface area contributed by atoms with Crippen LogP contribution in [-0.4, -0.2) is 6.54 Å². The van der Waals surface area contributed by atoms with Gasteiger partial charge in [-0.2, -0.15) is 0 Å². The largest absolute Gasteiger partial charge is 0.310 e. The average Bonchev–Trinajstić information content (AvgIpc) is 2.56. The third kappa shape index (κ3) is 2.28. The molecule has 0 spiro atoms. The van der Waals surface area contributed by atoms with E-state index in [-0.39, 0.29) is 12.4 Å². The van der Waals surface area contributed by atoms with Crippen LogP contribution in [0, 0.1) is 13.8 Å². The fraction of sp³-hybridized carbons (Fsp3) is 0.500. The zero-order valence-electron chi connectivity index (χ0n) is 8.84. The molecular weight excluding hydrogens is 194 g/mol. The van der Waals surface area contributed by atoms with Crippen LogP contribution in [0.15, 0.2) is 18.2 Å². The second kappa shape index (κ2) is 4.81. The number of hydrogen-bond donors (Lipinski definition) is 1. The van der Waals surface area contributed by atoms with Gasteiger partial charge in [0.2, 0.25) is 0 Å². The Bertz CT molecular complexity index is 303. The summed E-state index contributed by atoms with van der Waals surface area (Å²) in [6, 6.07) is 7.37. The van der Waals surface area contributed by atoms with Crippen molar-refractivity contribution in [1.82, 2.24) is 5.32 Å². The molecule has 0 bridgehead atoms. The first-order chi connectivity index (χ1) is 6.27. The summed E-state index contributed by atoms with van der Waals surface area (Å²) in [5.74, 6) is 0. The molecule has 1 nitrogen and oxygen atoms in total. The molecule has 1 heterocycles. The zero-order chi connectivity index (χ0) is 9.26. The van der Waals surface area contributed by atoms with Gasteiger partial charge in [-0.25, -0.2) is 0 Å². The zero-order valence-corrected chi connectivity index (χ0v) is 9.66. The molecule has 0 amide bonds. The Hall–Kier alpha value is -0.530. The highest BCUT2D eigenvalue weighted by Gasteiger charge is 2.17. The molecule has 1 saturated heterocycles. The Balaban J connectivity index is 0.000000980. The van der Waals surface area contributed by atoms with Crippen LogP contribution in [-0.2, 0) is 0 Å². The van der Waals surface area contributed by atoms with Crippen LogP contribution in [0.5, 0.6) is 0 Å². The summed E-state index contributed by atoms with van der Waals surface area (Å²) in [6.45, 7) is 5.54. The molecule has 1 aliphatic rings. The molecule has 2 rings (SSSR count). The highest BCUT2D eigenvalue weighted by Crippen LogP contribution is 2.25. The molecule has 1 aliphatic heterocycles. The monoisotopic (exact) mass is 211 g/mol. The molecule has 1 atom stereocenters. The number of hydrogen-bond acceptors (Lipinski definition) is 1. The van der Waals surface area contributed by atoms with Crippen LogP contribution < -0.4 is 5.32 Å². The molecular formula is C12H18ClN. The smallest absolute Gasteiger partial charge is 0.0323 e. The maximum absolute atomic E-state index is 3.53.